The quantitative estimate of drug-likeness (QED) is 0.164. The van der Waals surface area contributed by atoms with Crippen LogP contribution in [-0.2, 0) is 42.8 Å². The van der Waals surface area contributed by atoms with Crippen LogP contribution in [0.2, 0.25) is 0 Å². The molecule has 5 saturated heterocycles. The van der Waals surface area contributed by atoms with Crippen LogP contribution in [0, 0.1) is 41.4 Å². The van der Waals surface area contributed by atoms with Gasteiger partial charge in [0.25, 0.3) is 0 Å². The summed E-state index contributed by atoms with van der Waals surface area (Å²) in [6.07, 6.45) is 3.29. The van der Waals surface area contributed by atoms with Crippen LogP contribution in [0.25, 0.3) is 0 Å². The van der Waals surface area contributed by atoms with Crippen LogP contribution in [0.4, 0.5) is 0 Å². The van der Waals surface area contributed by atoms with E-state index in [-0.39, 0.29) is 41.8 Å². The Balaban J connectivity index is 1.35. The van der Waals surface area contributed by atoms with Crippen LogP contribution < -0.4 is 0 Å². The van der Waals surface area contributed by atoms with Gasteiger partial charge in [-0.15, -0.1) is 0 Å². The van der Waals surface area contributed by atoms with Gasteiger partial charge in [0, 0.05) is 43.4 Å². The van der Waals surface area contributed by atoms with Crippen molar-refractivity contribution in [1.29, 1.82) is 0 Å². The number of ketones is 1. The Labute approximate surface area is 335 Å². The van der Waals surface area contributed by atoms with Crippen LogP contribution in [-0.4, -0.2) is 98.5 Å². The molecular weight excluding hydrogens is 720 g/mol. The maximum absolute atomic E-state index is 14.6. The predicted octanol–water partition coefficient (Wildman–Crippen LogP) is 6.98. The number of rotatable bonds is 13. The minimum atomic E-state index is -1.29. The van der Waals surface area contributed by atoms with Crippen LogP contribution in [0.5, 0.6) is 0 Å². The van der Waals surface area contributed by atoms with Crippen molar-refractivity contribution in [1.82, 2.24) is 0 Å². The van der Waals surface area contributed by atoms with E-state index in [1.165, 1.54) is 6.92 Å². The van der Waals surface area contributed by atoms with Crippen molar-refractivity contribution in [2.24, 2.45) is 41.4 Å². The SMILES string of the molecule is CC[C@@H](C(=O)[C@@H](C)[C@@H](O)[C@H](C)[C@@H]1O[C@@H]([C@@H](CC)C(=O)O)CC[C@@H]1C)[C@H]1O[C@]2(CC[C@@H](OC(C)=O)[C@]3(CC[C@@](C)([C@H]4CC[C@](O)(CC)[C@H](C)O4)O3)O2)[C@H](C)C[C@@H]1C. The molecule has 12 nitrogen and oxygen atoms in total. The highest BCUT2D eigenvalue weighted by Crippen LogP contribution is 2.56. The average molecular weight is 795 g/mol. The third kappa shape index (κ3) is 8.64. The fourth-order valence-electron chi connectivity index (χ4n) is 11.2. The zero-order chi connectivity index (χ0) is 41.5. The number of aliphatic hydroxyl groups is 2. The Bertz CT molecular complexity index is 1390. The van der Waals surface area contributed by atoms with Gasteiger partial charge in [-0.3, -0.25) is 14.4 Å². The van der Waals surface area contributed by atoms with E-state index in [2.05, 4.69) is 20.8 Å². The number of esters is 1. The molecule has 0 aromatic heterocycles. The molecule has 0 amide bonds. The van der Waals surface area contributed by atoms with E-state index in [9.17, 15) is 29.7 Å². The standard InChI is InChI=1S/C44H74O12/c1-12-31(40(48)49)33-16-15-24(4)38(53-33)28(8)36(46)27(7)37(47)32(13-2)39-25(5)23-26(6)43(54-39)20-18-35(52-30(10)45)44(56-43)22-21-41(11,55-44)34-17-19-42(50,14-3)29(9)51-34/h24-29,31-36,38-39,46,50H,12-23H2,1-11H3,(H,48,49)/t24-,25-,26+,27-,28-,29-,31+,32-,33+,34+,35+,36+,38+,39-,41-,42+,43-,44-/m0/s1. The summed E-state index contributed by atoms with van der Waals surface area (Å²) in [6, 6.07) is 0. The third-order valence-corrected chi connectivity index (χ3v) is 15.1. The fourth-order valence-corrected chi connectivity index (χ4v) is 11.2. The zero-order valence-corrected chi connectivity index (χ0v) is 36.1. The van der Waals surface area contributed by atoms with Crippen molar-refractivity contribution in [3.63, 3.8) is 0 Å². The lowest BCUT2D eigenvalue weighted by Crippen LogP contribution is -2.65. The maximum Gasteiger partial charge on any atom is 0.309 e. The van der Waals surface area contributed by atoms with Crippen LogP contribution in [0.15, 0.2) is 0 Å². The summed E-state index contributed by atoms with van der Waals surface area (Å²) in [4.78, 5) is 39.0. The molecule has 0 unspecified atom stereocenters. The molecule has 5 rings (SSSR count). The lowest BCUT2D eigenvalue weighted by atomic mass is 9.72. The lowest BCUT2D eigenvalue weighted by Gasteiger charge is -2.57. The van der Waals surface area contributed by atoms with Gasteiger partial charge in [0.1, 0.15) is 5.78 Å². The number of aliphatic hydroxyl groups excluding tert-OH is 1. The number of hydrogen-bond acceptors (Lipinski definition) is 11. The molecule has 0 aromatic carbocycles. The second-order valence-electron chi connectivity index (χ2n) is 18.8. The first-order valence-electron chi connectivity index (χ1n) is 21.9. The molecule has 56 heavy (non-hydrogen) atoms. The van der Waals surface area contributed by atoms with Crippen LogP contribution in [0.3, 0.4) is 0 Å². The second-order valence-corrected chi connectivity index (χ2v) is 18.8. The average Bonchev–Trinajstić information content (AvgIpc) is 3.49. The van der Waals surface area contributed by atoms with E-state index in [1.807, 2.05) is 41.5 Å². The van der Waals surface area contributed by atoms with Gasteiger partial charge in [-0.2, -0.15) is 0 Å². The number of carbonyl (C=O) groups is 3. The van der Waals surface area contributed by atoms with Gasteiger partial charge in [-0.25, -0.2) is 0 Å². The van der Waals surface area contributed by atoms with Gasteiger partial charge in [0.2, 0.25) is 5.79 Å². The van der Waals surface area contributed by atoms with Gasteiger partial charge < -0.3 is 43.7 Å². The molecule has 0 aliphatic carbocycles. The highest BCUT2D eigenvalue weighted by molar-refractivity contribution is 5.84. The fraction of sp³-hybridized carbons (Fsp3) is 0.932. The van der Waals surface area contributed by atoms with Crippen molar-refractivity contribution >= 4 is 17.7 Å². The van der Waals surface area contributed by atoms with Gasteiger partial charge in [-0.05, 0) is 89.9 Å². The molecule has 3 N–H and O–H groups in total. The van der Waals surface area contributed by atoms with Crippen molar-refractivity contribution in [2.75, 3.05) is 0 Å². The molecule has 18 atom stereocenters. The maximum atomic E-state index is 14.6. The van der Waals surface area contributed by atoms with Gasteiger partial charge >= 0.3 is 11.9 Å². The van der Waals surface area contributed by atoms with Crippen LogP contribution in [0.1, 0.15) is 153 Å². The Morgan fingerprint density at radius 3 is 2.09 bits per heavy atom. The van der Waals surface area contributed by atoms with Crippen molar-refractivity contribution in [3.8, 4) is 0 Å². The smallest absolute Gasteiger partial charge is 0.309 e. The number of carboxylic acids is 1. The molecule has 0 radical (unpaired) electrons. The number of carbonyl (C=O) groups excluding carboxylic acids is 2. The molecule has 0 bridgehead atoms. The van der Waals surface area contributed by atoms with Gasteiger partial charge in [0.05, 0.1) is 53.7 Å². The molecule has 12 heteroatoms. The summed E-state index contributed by atoms with van der Waals surface area (Å²) in [6.45, 7) is 21.1. The first-order valence-corrected chi connectivity index (χ1v) is 21.9. The highest BCUT2D eigenvalue weighted by atomic mass is 16.8. The monoisotopic (exact) mass is 795 g/mol. The molecule has 322 valence electrons. The summed E-state index contributed by atoms with van der Waals surface area (Å²) in [7, 11) is 0. The number of carboxylic acid groups (broad SMARTS) is 1. The molecule has 5 fully saturated rings. The summed E-state index contributed by atoms with van der Waals surface area (Å²) in [5.74, 6) is -5.94. The van der Waals surface area contributed by atoms with Crippen LogP contribution >= 0.6 is 0 Å². The van der Waals surface area contributed by atoms with Gasteiger partial charge in [-0.1, -0.05) is 55.4 Å². The Kier molecular flexibility index (Phi) is 14.2. The first kappa shape index (κ1) is 45.4. The zero-order valence-electron chi connectivity index (χ0n) is 36.1. The molecule has 5 aliphatic heterocycles. The minimum absolute atomic E-state index is 0.0192. The molecule has 2 spiro atoms. The molecular formula is C44H74O12. The summed E-state index contributed by atoms with van der Waals surface area (Å²) in [5.41, 5.74) is -1.66. The van der Waals surface area contributed by atoms with Gasteiger partial charge in [0.15, 0.2) is 11.9 Å². The Morgan fingerprint density at radius 2 is 1.50 bits per heavy atom. The first-order chi connectivity index (χ1) is 26.2. The van der Waals surface area contributed by atoms with E-state index in [0.29, 0.717) is 64.2 Å². The van der Waals surface area contributed by atoms with E-state index < -0.39 is 82.8 Å². The largest absolute Gasteiger partial charge is 0.481 e. The summed E-state index contributed by atoms with van der Waals surface area (Å²) >= 11 is 0. The Morgan fingerprint density at radius 1 is 0.821 bits per heavy atom. The predicted molar refractivity (Wildman–Crippen MR) is 208 cm³/mol. The van der Waals surface area contributed by atoms with E-state index >= 15 is 0 Å². The highest BCUT2D eigenvalue weighted by Gasteiger charge is 2.65. The topological polar surface area (TPSA) is 167 Å². The number of aliphatic carboxylic acids is 1. The molecule has 0 aromatic rings. The van der Waals surface area contributed by atoms with Crippen molar-refractivity contribution < 1.29 is 58.1 Å². The van der Waals surface area contributed by atoms with Crippen molar-refractivity contribution in [2.45, 2.75) is 219 Å². The van der Waals surface area contributed by atoms with Crippen molar-refractivity contribution in [3.05, 3.63) is 0 Å². The molecule has 0 saturated carbocycles. The van der Waals surface area contributed by atoms with E-state index in [0.717, 1.165) is 12.8 Å². The number of ether oxygens (including phenoxy) is 6. The number of hydrogen-bond donors (Lipinski definition) is 3. The molecule has 5 aliphatic rings. The number of Topliss-reactive ketones (excluding diaryl/α,β-unsaturated/α-hetero) is 1. The third-order valence-electron chi connectivity index (χ3n) is 15.1. The van der Waals surface area contributed by atoms with E-state index in [4.69, 9.17) is 28.4 Å². The Hall–Kier alpha value is -1.67. The summed E-state index contributed by atoms with van der Waals surface area (Å²) < 4.78 is 40.2. The molecule has 5 heterocycles. The normalized spacial score (nSPS) is 44.5. The van der Waals surface area contributed by atoms with E-state index in [1.54, 1.807) is 6.92 Å². The lowest BCUT2D eigenvalue weighted by molar-refractivity contribution is -0.442. The second kappa shape index (κ2) is 17.5. The minimum Gasteiger partial charge on any atom is -0.481 e. The summed E-state index contributed by atoms with van der Waals surface area (Å²) in [5, 5.41) is 32.7.